The Kier molecular flexibility index (Phi) is 20.5. The fourth-order valence-corrected chi connectivity index (χ4v) is 13.5. The first-order chi connectivity index (χ1) is 39.4. The van der Waals surface area contributed by atoms with Gasteiger partial charge in [0, 0.05) is 38.6 Å². The Morgan fingerprint density at radius 3 is 1.16 bits per heavy atom. The molecule has 8 aromatic carbocycles. The molecule has 3 fully saturated rings. The molecule has 11 nitrogen and oxygen atoms in total. The first-order valence-electron chi connectivity index (χ1n) is 27.4. The van der Waals surface area contributed by atoms with Crippen LogP contribution in [-0.2, 0) is 40.3 Å². The van der Waals surface area contributed by atoms with Gasteiger partial charge in [-0.05, 0) is 120 Å². The van der Waals surface area contributed by atoms with Crippen LogP contribution in [0.3, 0.4) is 0 Å². The second-order valence-electron chi connectivity index (χ2n) is 20.3. The predicted molar refractivity (Wildman–Crippen MR) is 317 cm³/mol. The molecule has 0 spiro atoms. The van der Waals surface area contributed by atoms with Crippen molar-refractivity contribution in [2.24, 2.45) is 0 Å². The number of hydrogen-bond donors (Lipinski definition) is 1. The average Bonchev–Trinajstić information content (AvgIpc) is 4.57. The lowest BCUT2D eigenvalue weighted by molar-refractivity contribution is -0.112. The zero-order valence-corrected chi connectivity index (χ0v) is 47.2. The number of ether oxygens (including phenoxy) is 1. The number of hydrogen-bond acceptors (Lipinski definition) is 11. The van der Waals surface area contributed by atoms with Gasteiger partial charge in [0.2, 0.25) is 0 Å². The minimum absolute atomic E-state index is 0.0735. The molecule has 0 aromatic heterocycles. The number of aldehydes is 1. The SMILES string of the molecule is C1CCOC1.CS(=O)(=O)c1ccc(C#N)cc1.N#Cc1ccc(S(=O)(=O)C[C@H](O)C2CCCN2C(c2ccccc2)(c2ccccc2)c2ccccc2)cc1.O=C[C@H]1CCCN1C(c1ccccc1)(c1ccccc1)c1ccccc1. The Morgan fingerprint density at radius 2 is 0.840 bits per heavy atom. The van der Waals surface area contributed by atoms with Crippen molar-refractivity contribution >= 4 is 26.0 Å². The molecule has 0 bridgehead atoms. The lowest BCUT2D eigenvalue weighted by Gasteiger charge is -2.47. The second-order valence-corrected chi connectivity index (χ2v) is 24.3. The Hall–Kier alpha value is -7.85. The highest BCUT2D eigenvalue weighted by molar-refractivity contribution is 7.91. The summed E-state index contributed by atoms with van der Waals surface area (Å²) in [4.78, 5) is 17.0. The smallest absolute Gasteiger partial charge is 0.180 e. The van der Waals surface area contributed by atoms with E-state index in [1.54, 1.807) is 0 Å². The quantitative estimate of drug-likeness (QED) is 0.0812. The van der Waals surface area contributed by atoms with E-state index >= 15 is 0 Å². The van der Waals surface area contributed by atoms with Gasteiger partial charge in [-0.15, -0.1) is 0 Å². The van der Waals surface area contributed by atoms with Crippen molar-refractivity contribution in [3.8, 4) is 12.1 Å². The third-order valence-corrected chi connectivity index (χ3v) is 18.1. The molecule has 3 aliphatic heterocycles. The molecule has 3 heterocycles. The number of benzene rings is 8. The molecular weight excluding hydrogens is 1050 g/mol. The molecule has 3 aliphatic rings. The van der Waals surface area contributed by atoms with Gasteiger partial charge in [-0.2, -0.15) is 10.5 Å². The molecule has 81 heavy (non-hydrogen) atoms. The normalized spacial score (nSPS) is 16.8. The summed E-state index contributed by atoms with van der Waals surface area (Å²) in [6.45, 7) is 3.61. The van der Waals surface area contributed by atoms with E-state index in [9.17, 15) is 26.7 Å². The molecule has 0 aliphatic carbocycles. The molecule has 1 unspecified atom stereocenters. The van der Waals surface area contributed by atoms with E-state index in [1.807, 2.05) is 84.9 Å². The number of carbonyl (C=O) groups excluding carboxylic acids is 1. The second kappa shape index (κ2) is 28.0. The fraction of sp³-hybridized carbons (Fsp3) is 0.250. The van der Waals surface area contributed by atoms with Crippen molar-refractivity contribution in [3.63, 3.8) is 0 Å². The van der Waals surface area contributed by atoms with Crippen LogP contribution in [0.25, 0.3) is 0 Å². The van der Waals surface area contributed by atoms with E-state index in [2.05, 4.69) is 119 Å². The van der Waals surface area contributed by atoms with E-state index in [4.69, 9.17) is 15.3 Å². The summed E-state index contributed by atoms with van der Waals surface area (Å²) in [5.41, 5.74) is 6.45. The van der Waals surface area contributed by atoms with E-state index in [0.717, 1.165) is 68.3 Å². The number of aliphatic hydroxyl groups excluding tert-OH is 1. The number of likely N-dealkylation sites (tertiary alicyclic amines) is 2. The van der Waals surface area contributed by atoms with E-state index < -0.39 is 42.6 Å². The number of aliphatic hydroxyl groups is 1. The molecule has 8 aromatic rings. The summed E-state index contributed by atoms with van der Waals surface area (Å²) in [5.74, 6) is -0.394. The first-order valence-corrected chi connectivity index (χ1v) is 30.9. The Labute approximate surface area is 478 Å². The highest BCUT2D eigenvalue weighted by Crippen LogP contribution is 2.48. The van der Waals surface area contributed by atoms with Crippen molar-refractivity contribution in [1.29, 1.82) is 10.5 Å². The lowest BCUT2D eigenvalue weighted by atomic mass is 9.75. The zero-order chi connectivity index (χ0) is 57.1. The molecule has 13 heteroatoms. The van der Waals surface area contributed by atoms with Crippen LogP contribution in [0, 0.1) is 22.7 Å². The van der Waals surface area contributed by atoms with Gasteiger partial charge < -0.3 is 14.6 Å². The van der Waals surface area contributed by atoms with Crippen LogP contribution in [0.5, 0.6) is 0 Å². The molecule has 0 saturated carbocycles. The highest BCUT2D eigenvalue weighted by atomic mass is 32.2. The van der Waals surface area contributed by atoms with Gasteiger partial charge in [0.05, 0.1) is 62.0 Å². The maximum absolute atomic E-state index is 13.3. The van der Waals surface area contributed by atoms with Crippen LogP contribution in [0.4, 0.5) is 0 Å². The van der Waals surface area contributed by atoms with Gasteiger partial charge in [0.1, 0.15) is 6.29 Å². The van der Waals surface area contributed by atoms with Gasteiger partial charge >= 0.3 is 0 Å². The molecule has 3 atom stereocenters. The molecule has 414 valence electrons. The summed E-state index contributed by atoms with van der Waals surface area (Å²) >= 11 is 0. The van der Waals surface area contributed by atoms with Crippen LogP contribution >= 0.6 is 0 Å². The summed E-state index contributed by atoms with van der Waals surface area (Å²) in [6, 6.07) is 77.6. The highest BCUT2D eigenvalue weighted by Gasteiger charge is 2.50. The number of rotatable bonds is 14. The molecule has 1 N–H and O–H groups in total. The lowest BCUT2D eigenvalue weighted by Crippen LogP contribution is -2.54. The summed E-state index contributed by atoms with van der Waals surface area (Å²) < 4.78 is 53.5. The summed E-state index contributed by atoms with van der Waals surface area (Å²) in [5, 5.41) is 29.0. The van der Waals surface area contributed by atoms with Crippen molar-refractivity contribution < 1.29 is 31.5 Å². The molecular formula is C68H68N4O7S2. The molecule has 0 amide bonds. The number of carbonyl (C=O) groups is 1. The number of nitriles is 2. The van der Waals surface area contributed by atoms with Gasteiger partial charge in [-0.3, -0.25) is 9.80 Å². The minimum atomic E-state index is -3.77. The van der Waals surface area contributed by atoms with Crippen LogP contribution in [-0.4, -0.2) is 94.5 Å². The Bertz CT molecular complexity index is 3340. The Morgan fingerprint density at radius 1 is 0.506 bits per heavy atom. The topological polar surface area (TPSA) is 169 Å². The van der Waals surface area contributed by atoms with Gasteiger partial charge in [0.15, 0.2) is 19.7 Å². The Balaban J connectivity index is 0.000000170. The van der Waals surface area contributed by atoms with Gasteiger partial charge in [-0.1, -0.05) is 182 Å². The molecule has 3 saturated heterocycles. The van der Waals surface area contributed by atoms with Crippen LogP contribution < -0.4 is 0 Å². The van der Waals surface area contributed by atoms with E-state index in [-0.39, 0.29) is 21.9 Å². The maximum atomic E-state index is 13.3. The summed E-state index contributed by atoms with van der Waals surface area (Å²) in [7, 11) is -6.91. The zero-order valence-electron chi connectivity index (χ0n) is 45.5. The largest absolute Gasteiger partial charge is 0.390 e. The molecule has 0 radical (unpaired) electrons. The maximum Gasteiger partial charge on any atom is 0.180 e. The van der Waals surface area contributed by atoms with Gasteiger partial charge in [-0.25, -0.2) is 16.8 Å². The van der Waals surface area contributed by atoms with Crippen molar-refractivity contribution in [2.45, 2.75) is 77.6 Å². The van der Waals surface area contributed by atoms with E-state index in [0.29, 0.717) is 24.1 Å². The third kappa shape index (κ3) is 13.8. The minimum Gasteiger partial charge on any atom is -0.390 e. The van der Waals surface area contributed by atoms with Crippen molar-refractivity contribution in [3.05, 3.63) is 275 Å². The third-order valence-electron chi connectivity index (χ3n) is 15.2. The molecule has 11 rings (SSSR count). The predicted octanol–water partition coefficient (Wildman–Crippen LogP) is 11.5. The van der Waals surface area contributed by atoms with E-state index in [1.165, 1.54) is 78.1 Å². The number of nitrogens with zero attached hydrogens (tertiary/aromatic N) is 4. The monoisotopic (exact) mass is 1120 g/mol. The standard InChI is InChI=1S/C32H30N2O3S.C24H23NO.C8H7NO2S.C4H8O/c33-23-25-18-20-29(21-19-25)38(36,37)24-31(35)30-17-10-22-34(30)32(26-11-4-1-5-12-26,27-13-6-2-7-14-27)28-15-8-3-9-16-28;26-19-23-17-10-18-25(23)24(20-11-4-1-5-12-20,21-13-6-2-7-14-21)22-15-8-3-9-16-22;1-12(10,11)8-4-2-7(6-9)3-5-8;1-2-4-5-3-1/h1-9,11-16,18-21,30-31,35H,10,17,22,24H2;1-9,11-16,19,23H,10,17-18H2;2-5H,1H3;1-4H2/t30?,31-;23-;;/m01../s1. The average molecular weight is 1120 g/mol. The van der Waals surface area contributed by atoms with Crippen LogP contribution in [0.1, 0.15) is 83.0 Å². The fourth-order valence-electron chi connectivity index (χ4n) is 11.5. The van der Waals surface area contributed by atoms with Crippen LogP contribution in [0.15, 0.2) is 240 Å². The van der Waals surface area contributed by atoms with Crippen LogP contribution in [0.2, 0.25) is 0 Å². The number of sulfone groups is 2. The van der Waals surface area contributed by atoms with Crippen molar-refractivity contribution in [2.75, 3.05) is 38.3 Å². The van der Waals surface area contributed by atoms with Gasteiger partial charge in [0.25, 0.3) is 0 Å². The summed E-state index contributed by atoms with van der Waals surface area (Å²) in [6.07, 6.45) is 7.18. The van der Waals surface area contributed by atoms with Crippen molar-refractivity contribution in [1.82, 2.24) is 9.80 Å². The first kappa shape index (κ1) is 59.3.